The van der Waals surface area contributed by atoms with Gasteiger partial charge in [0.25, 0.3) is 6.43 Å². The number of carboxylic acids is 1. The smallest absolute Gasteiger partial charge is 0.335 e. The fourth-order valence-corrected chi connectivity index (χ4v) is 1.91. The molecule has 0 spiro atoms. The average molecular weight is 300 g/mol. The summed E-state index contributed by atoms with van der Waals surface area (Å²) in [7, 11) is 2.80. The first kappa shape index (κ1) is 16.9. The predicted octanol–water partition coefficient (Wildman–Crippen LogP) is 2.18. The van der Waals surface area contributed by atoms with Crippen LogP contribution in [0.25, 0.3) is 0 Å². The van der Waals surface area contributed by atoms with Gasteiger partial charge < -0.3 is 14.9 Å². The van der Waals surface area contributed by atoms with Crippen LogP contribution in [0.3, 0.4) is 0 Å². The summed E-state index contributed by atoms with van der Waals surface area (Å²) in [6.45, 7) is -0.383. The third kappa shape index (κ3) is 5.02. The van der Waals surface area contributed by atoms with E-state index in [-0.39, 0.29) is 12.1 Å². The first-order valence-electron chi connectivity index (χ1n) is 6.38. The van der Waals surface area contributed by atoms with E-state index in [1.807, 2.05) is 0 Å². The molecule has 0 aliphatic carbocycles. The first-order chi connectivity index (χ1) is 9.82. The van der Waals surface area contributed by atoms with Crippen molar-refractivity contribution in [2.75, 3.05) is 27.2 Å². The number of amides is 2. The van der Waals surface area contributed by atoms with E-state index in [0.29, 0.717) is 12.0 Å². The van der Waals surface area contributed by atoms with Gasteiger partial charge in [0.2, 0.25) is 0 Å². The molecular formula is C14H18F2N2O3. The van der Waals surface area contributed by atoms with Crippen molar-refractivity contribution in [1.82, 2.24) is 9.80 Å². The Kier molecular flexibility index (Phi) is 6.08. The Balaban J connectivity index is 2.63. The minimum absolute atomic E-state index is 0.180. The van der Waals surface area contributed by atoms with Gasteiger partial charge in [-0.2, -0.15) is 0 Å². The van der Waals surface area contributed by atoms with E-state index in [2.05, 4.69) is 0 Å². The highest BCUT2D eigenvalue weighted by Gasteiger charge is 2.18. The van der Waals surface area contributed by atoms with Crippen molar-refractivity contribution in [1.29, 1.82) is 0 Å². The lowest BCUT2D eigenvalue weighted by Gasteiger charge is -2.24. The van der Waals surface area contributed by atoms with E-state index in [9.17, 15) is 18.4 Å². The molecule has 0 aromatic heterocycles. The SMILES string of the molecule is CN(CCc1ccccc1C(=O)O)C(=O)N(C)CC(F)F. The van der Waals surface area contributed by atoms with Crippen LogP contribution in [0.15, 0.2) is 24.3 Å². The van der Waals surface area contributed by atoms with Crippen LogP contribution in [0.5, 0.6) is 0 Å². The lowest BCUT2D eigenvalue weighted by Crippen LogP contribution is -2.41. The second-order valence-electron chi connectivity index (χ2n) is 4.69. The van der Waals surface area contributed by atoms with Gasteiger partial charge in [-0.05, 0) is 18.1 Å². The number of carboxylic acid groups (broad SMARTS) is 1. The molecule has 0 fully saturated rings. The normalized spacial score (nSPS) is 10.5. The van der Waals surface area contributed by atoms with Gasteiger partial charge in [0.1, 0.15) is 0 Å². The molecular weight excluding hydrogens is 282 g/mol. The molecule has 2 amide bonds. The predicted molar refractivity (Wildman–Crippen MR) is 73.8 cm³/mol. The van der Waals surface area contributed by atoms with Crippen molar-refractivity contribution in [3.8, 4) is 0 Å². The van der Waals surface area contributed by atoms with Crippen molar-refractivity contribution >= 4 is 12.0 Å². The fourth-order valence-electron chi connectivity index (χ4n) is 1.91. The number of aromatic carboxylic acids is 1. The van der Waals surface area contributed by atoms with Crippen molar-refractivity contribution < 1.29 is 23.5 Å². The number of alkyl halides is 2. The lowest BCUT2D eigenvalue weighted by molar-refractivity contribution is 0.0695. The number of urea groups is 1. The minimum Gasteiger partial charge on any atom is -0.478 e. The molecule has 1 rings (SSSR count). The number of rotatable bonds is 6. The summed E-state index contributed by atoms with van der Waals surface area (Å²) in [5.74, 6) is -1.03. The summed E-state index contributed by atoms with van der Waals surface area (Å²) in [6, 6.07) is 5.97. The molecule has 5 nitrogen and oxygen atoms in total. The zero-order valence-corrected chi connectivity index (χ0v) is 11.9. The van der Waals surface area contributed by atoms with Crippen LogP contribution < -0.4 is 0 Å². The number of likely N-dealkylation sites (N-methyl/N-ethyl adjacent to an activating group) is 1. The topological polar surface area (TPSA) is 60.9 Å². The van der Waals surface area contributed by atoms with Crippen molar-refractivity contribution in [3.05, 3.63) is 35.4 Å². The Morgan fingerprint density at radius 3 is 2.38 bits per heavy atom. The Bertz CT molecular complexity index is 509. The van der Waals surface area contributed by atoms with Crippen molar-refractivity contribution in [3.63, 3.8) is 0 Å². The number of benzene rings is 1. The van der Waals surface area contributed by atoms with Gasteiger partial charge in [0, 0.05) is 20.6 Å². The van der Waals surface area contributed by atoms with Gasteiger partial charge in [-0.15, -0.1) is 0 Å². The molecule has 1 N–H and O–H groups in total. The Hall–Kier alpha value is -2.18. The fraction of sp³-hybridized carbons (Fsp3) is 0.429. The summed E-state index contributed by atoms with van der Waals surface area (Å²) in [5.41, 5.74) is 0.778. The van der Waals surface area contributed by atoms with Crippen LogP contribution in [-0.4, -0.2) is 60.5 Å². The molecule has 116 valence electrons. The summed E-state index contributed by atoms with van der Waals surface area (Å²) in [5, 5.41) is 9.06. The maximum absolute atomic E-state index is 12.2. The highest BCUT2D eigenvalue weighted by Crippen LogP contribution is 2.10. The van der Waals surface area contributed by atoms with Crippen LogP contribution >= 0.6 is 0 Å². The molecule has 7 heteroatoms. The monoisotopic (exact) mass is 300 g/mol. The number of carbonyl (C=O) groups is 2. The first-order valence-corrected chi connectivity index (χ1v) is 6.38. The van der Waals surface area contributed by atoms with E-state index < -0.39 is 25.0 Å². The van der Waals surface area contributed by atoms with Gasteiger partial charge in [-0.25, -0.2) is 18.4 Å². The second-order valence-corrected chi connectivity index (χ2v) is 4.69. The largest absolute Gasteiger partial charge is 0.478 e. The molecule has 0 aliphatic heterocycles. The molecule has 0 atom stereocenters. The molecule has 0 radical (unpaired) electrons. The zero-order valence-electron chi connectivity index (χ0n) is 11.9. The Morgan fingerprint density at radius 1 is 1.19 bits per heavy atom. The molecule has 1 aromatic rings. The molecule has 21 heavy (non-hydrogen) atoms. The minimum atomic E-state index is -2.58. The van der Waals surface area contributed by atoms with E-state index in [0.717, 1.165) is 4.90 Å². The van der Waals surface area contributed by atoms with Crippen LogP contribution in [0.1, 0.15) is 15.9 Å². The summed E-state index contributed by atoms with van der Waals surface area (Å²) >= 11 is 0. The molecule has 0 aliphatic rings. The highest BCUT2D eigenvalue weighted by molar-refractivity contribution is 5.89. The number of carbonyl (C=O) groups excluding carboxylic acids is 1. The van der Waals surface area contributed by atoms with Crippen molar-refractivity contribution in [2.24, 2.45) is 0 Å². The Labute approximate surface area is 121 Å². The van der Waals surface area contributed by atoms with Crippen LogP contribution in [0.2, 0.25) is 0 Å². The van der Waals surface area contributed by atoms with Gasteiger partial charge in [0.05, 0.1) is 12.1 Å². The molecule has 0 heterocycles. The number of hydrogen-bond acceptors (Lipinski definition) is 2. The molecule has 0 saturated carbocycles. The van der Waals surface area contributed by atoms with E-state index in [1.54, 1.807) is 18.2 Å². The highest BCUT2D eigenvalue weighted by atomic mass is 19.3. The molecule has 1 aromatic carbocycles. The number of hydrogen-bond donors (Lipinski definition) is 1. The van der Waals surface area contributed by atoms with Gasteiger partial charge in [-0.3, -0.25) is 0 Å². The third-order valence-corrected chi connectivity index (χ3v) is 3.03. The molecule has 0 unspecified atom stereocenters. The van der Waals surface area contributed by atoms with Crippen LogP contribution in [0.4, 0.5) is 13.6 Å². The standard InChI is InChI=1S/C14H18F2N2O3/c1-17(14(21)18(2)9-12(15)16)8-7-10-5-3-4-6-11(10)13(19)20/h3-6,12H,7-9H2,1-2H3,(H,19,20). The van der Waals surface area contributed by atoms with Crippen molar-refractivity contribution in [2.45, 2.75) is 12.8 Å². The third-order valence-electron chi connectivity index (χ3n) is 3.03. The number of nitrogens with zero attached hydrogens (tertiary/aromatic N) is 2. The second kappa shape index (κ2) is 7.56. The maximum atomic E-state index is 12.2. The lowest BCUT2D eigenvalue weighted by atomic mass is 10.0. The van der Waals surface area contributed by atoms with Crippen LogP contribution in [-0.2, 0) is 6.42 Å². The average Bonchev–Trinajstić information content (AvgIpc) is 2.43. The summed E-state index contributed by atoms with van der Waals surface area (Å²) in [6.07, 6.45) is -2.24. The van der Waals surface area contributed by atoms with Gasteiger partial charge in [-0.1, -0.05) is 18.2 Å². The van der Waals surface area contributed by atoms with Gasteiger partial charge >= 0.3 is 12.0 Å². The summed E-state index contributed by atoms with van der Waals surface area (Å²) in [4.78, 5) is 25.1. The quantitative estimate of drug-likeness (QED) is 0.876. The van der Waals surface area contributed by atoms with Crippen LogP contribution in [0, 0.1) is 0 Å². The number of halogens is 2. The summed E-state index contributed by atoms with van der Waals surface area (Å²) < 4.78 is 24.4. The van der Waals surface area contributed by atoms with E-state index >= 15 is 0 Å². The molecule has 0 bridgehead atoms. The van der Waals surface area contributed by atoms with E-state index in [1.165, 1.54) is 25.1 Å². The Morgan fingerprint density at radius 2 is 1.81 bits per heavy atom. The van der Waals surface area contributed by atoms with E-state index in [4.69, 9.17) is 5.11 Å². The maximum Gasteiger partial charge on any atom is 0.335 e. The molecule has 0 saturated heterocycles. The zero-order chi connectivity index (χ0) is 16.0. The van der Waals surface area contributed by atoms with Gasteiger partial charge in [0.15, 0.2) is 0 Å².